The van der Waals surface area contributed by atoms with Gasteiger partial charge in [0.15, 0.2) is 0 Å². The largest absolute Gasteiger partial charge is 0.497 e. The van der Waals surface area contributed by atoms with Crippen LogP contribution in [0.15, 0.2) is 29.2 Å². The molecule has 1 N–H and O–H groups in total. The molecule has 0 aliphatic heterocycles. The predicted octanol–water partition coefficient (Wildman–Crippen LogP) is 2.41. The summed E-state index contributed by atoms with van der Waals surface area (Å²) < 4.78 is 31.8. The molecule has 0 aromatic heterocycles. The first-order valence-corrected chi connectivity index (χ1v) is 7.65. The molecule has 4 nitrogen and oxygen atoms in total. The third-order valence-electron chi connectivity index (χ3n) is 3.07. The van der Waals surface area contributed by atoms with Crippen LogP contribution in [0, 0.1) is 5.92 Å². The Morgan fingerprint density at radius 3 is 2.50 bits per heavy atom. The molecule has 0 amide bonds. The number of nitrogens with one attached hydrogen (secondary N) is 1. The molecule has 0 radical (unpaired) electrons. The summed E-state index contributed by atoms with van der Waals surface area (Å²) in [5, 5.41) is 0. The average molecular weight is 271 g/mol. The second kappa shape index (κ2) is 6.75. The summed E-state index contributed by atoms with van der Waals surface area (Å²) in [5.74, 6) is 0.922. The Bertz CT molecular complexity index is 467. The Labute approximate surface area is 109 Å². The number of hydrogen-bond donors (Lipinski definition) is 1. The highest BCUT2D eigenvalue weighted by atomic mass is 32.2. The number of hydrogen-bond acceptors (Lipinski definition) is 3. The van der Waals surface area contributed by atoms with Crippen LogP contribution < -0.4 is 9.46 Å². The first-order chi connectivity index (χ1) is 8.53. The van der Waals surface area contributed by atoms with E-state index in [4.69, 9.17) is 4.74 Å². The lowest BCUT2D eigenvalue weighted by molar-refractivity contribution is 0.413. The Kier molecular flexibility index (Phi) is 5.62. The summed E-state index contributed by atoms with van der Waals surface area (Å²) >= 11 is 0. The molecule has 0 spiro atoms. The van der Waals surface area contributed by atoms with E-state index in [0.717, 1.165) is 12.8 Å². The minimum Gasteiger partial charge on any atom is -0.497 e. The maximum Gasteiger partial charge on any atom is 0.240 e. The maximum absolute atomic E-state index is 12.1. The fourth-order valence-electron chi connectivity index (χ4n) is 1.66. The lowest BCUT2D eigenvalue weighted by Crippen LogP contribution is -2.29. The first kappa shape index (κ1) is 15.0. The van der Waals surface area contributed by atoms with Gasteiger partial charge in [-0.15, -0.1) is 0 Å². The zero-order valence-corrected chi connectivity index (χ0v) is 12.0. The predicted molar refractivity (Wildman–Crippen MR) is 72.3 cm³/mol. The molecule has 0 atom stereocenters. The van der Waals surface area contributed by atoms with Crippen molar-refractivity contribution in [3.63, 3.8) is 0 Å². The molecule has 102 valence electrons. The topological polar surface area (TPSA) is 55.4 Å². The molecule has 5 heteroatoms. The molecule has 0 unspecified atom stereocenters. The van der Waals surface area contributed by atoms with Crippen LogP contribution in [0.3, 0.4) is 0 Å². The van der Waals surface area contributed by atoms with Crippen molar-refractivity contribution in [3.8, 4) is 5.75 Å². The van der Waals surface area contributed by atoms with Gasteiger partial charge in [0.1, 0.15) is 5.75 Å². The van der Waals surface area contributed by atoms with E-state index in [-0.39, 0.29) is 4.90 Å². The highest BCUT2D eigenvalue weighted by Gasteiger charge is 2.16. The fourth-order valence-corrected chi connectivity index (χ4v) is 2.81. The quantitative estimate of drug-likeness (QED) is 0.828. The van der Waals surface area contributed by atoms with Gasteiger partial charge in [0.2, 0.25) is 10.0 Å². The van der Waals surface area contributed by atoms with Crippen molar-refractivity contribution in [1.29, 1.82) is 0 Å². The molecule has 0 saturated carbocycles. The lowest BCUT2D eigenvalue weighted by Gasteiger charge is -2.13. The van der Waals surface area contributed by atoms with E-state index in [1.54, 1.807) is 18.2 Å². The number of methoxy groups -OCH3 is 1. The highest BCUT2D eigenvalue weighted by molar-refractivity contribution is 7.89. The van der Waals surface area contributed by atoms with Crippen LogP contribution in [-0.2, 0) is 10.0 Å². The number of benzene rings is 1. The van der Waals surface area contributed by atoms with Crippen LogP contribution in [0.2, 0.25) is 0 Å². The van der Waals surface area contributed by atoms with Gasteiger partial charge in [0, 0.05) is 12.6 Å². The summed E-state index contributed by atoms with van der Waals surface area (Å²) in [7, 11) is -1.92. The van der Waals surface area contributed by atoms with Crippen LogP contribution in [0.4, 0.5) is 0 Å². The van der Waals surface area contributed by atoms with Crippen LogP contribution in [0.5, 0.6) is 5.75 Å². The summed E-state index contributed by atoms with van der Waals surface area (Å²) in [6.07, 6.45) is 1.94. The second-order valence-corrected chi connectivity index (χ2v) is 5.98. The van der Waals surface area contributed by atoms with E-state index in [2.05, 4.69) is 18.6 Å². The van der Waals surface area contributed by atoms with Crippen LogP contribution in [0.1, 0.15) is 26.7 Å². The Morgan fingerprint density at radius 2 is 1.94 bits per heavy atom. The van der Waals surface area contributed by atoms with Crippen molar-refractivity contribution in [1.82, 2.24) is 4.72 Å². The van der Waals surface area contributed by atoms with E-state index in [1.165, 1.54) is 13.2 Å². The van der Waals surface area contributed by atoms with Crippen LogP contribution in [-0.4, -0.2) is 22.1 Å². The van der Waals surface area contributed by atoms with Gasteiger partial charge < -0.3 is 4.74 Å². The molecule has 18 heavy (non-hydrogen) atoms. The summed E-state index contributed by atoms with van der Waals surface area (Å²) in [6, 6.07) is 6.48. The molecule has 1 aromatic rings. The SMILES string of the molecule is CCC(CC)CNS(=O)(=O)c1cccc(OC)c1. The Hall–Kier alpha value is -1.07. The van der Waals surface area contributed by atoms with Crippen molar-refractivity contribution in [3.05, 3.63) is 24.3 Å². The van der Waals surface area contributed by atoms with E-state index in [1.807, 2.05) is 0 Å². The van der Waals surface area contributed by atoms with E-state index in [0.29, 0.717) is 18.2 Å². The van der Waals surface area contributed by atoms with Gasteiger partial charge in [-0.05, 0) is 18.1 Å². The molecule has 0 aliphatic carbocycles. The standard InChI is InChI=1S/C13H21NO3S/c1-4-11(5-2)10-14-18(15,16)13-8-6-7-12(9-13)17-3/h6-9,11,14H,4-5,10H2,1-3H3. The summed E-state index contributed by atoms with van der Waals surface area (Å²) in [5.41, 5.74) is 0. The van der Waals surface area contributed by atoms with Crippen molar-refractivity contribution in [2.75, 3.05) is 13.7 Å². The molecule has 0 saturated heterocycles. The van der Waals surface area contributed by atoms with Gasteiger partial charge in [-0.2, -0.15) is 0 Å². The number of rotatable bonds is 7. The molecular formula is C13H21NO3S. The minimum absolute atomic E-state index is 0.243. The zero-order valence-electron chi connectivity index (χ0n) is 11.1. The van der Waals surface area contributed by atoms with Crippen LogP contribution >= 0.6 is 0 Å². The maximum atomic E-state index is 12.1. The van der Waals surface area contributed by atoms with Crippen molar-refractivity contribution in [2.45, 2.75) is 31.6 Å². The lowest BCUT2D eigenvalue weighted by atomic mass is 10.0. The molecule has 0 bridgehead atoms. The van der Waals surface area contributed by atoms with E-state index >= 15 is 0 Å². The van der Waals surface area contributed by atoms with Crippen molar-refractivity contribution < 1.29 is 13.2 Å². The fraction of sp³-hybridized carbons (Fsp3) is 0.538. The third kappa shape index (κ3) is 3.99. The average Bonchev–Trinajstić information content (AvgIpc) is 2.40. The van der Waals surface area contributed by atoms with Gasteiger partial charge in [-0.1, -0.05) is 32.8 Å². The first-order valence-electron chi connectivity index (χ1n) is 6.17. The highest BCUT2D eigenvalue weighted by Crippen LogP contribution is 2.17. The van der Waals surface area contributed by atoms with Gasteiger partial charge in [-0.3, -0.25) is 0 Å². The number of ether oxygens (including phenoxy) is 1. The zero-order chi connectivity index (χ0) is 13.6. The van der Waals surface area contributed by atoms with Gasteiger partial charge in [-0.25, -0.2) is 13.1 Å². The normalized spacial score (nSPS) is 11.8. The van der Waals surface area contributed by atoms with Crippen molar-refractivity contribution in [2.24, 2.45) is 5.92 Å². The molecule has 1 aromatic carbocycles. The molecule has 0 heterocycles. The molecule has 0 aliphatic rings. The second-order valence-electron chi connectivity index (χ2n) is 4.21. The number of sulfonamides is 1. The molecular weight excluding hydrogens is 250 g/mol. The molecule has 1 rings (SSSR count). The summed E-state index contributed by atoms with van der Waals surface area (Å²) in [4.78, 5) is 0.243. The molecule has 0 fully saturated rings. The van der Waals surface area contributed by atoms with Crippen LogP contribution in [0.25, 0.3) is 0 Å². The van der Waals surface area contributed by atoms with Gasteiger partial charge in [0.05, 0.1) is 12.0 Å². The van der Waals surface area contributed by atoms with Gasteiger partial charge in [0.25, 0.3) is 0 Å². The summed E-state index contributed by atoms with van der Waals surface area (Å²) in [6.45, 7) is 4.61. The smallest absolute Gasteiger partial charge is 0.240 e. The van der Waals surface area contributed by atoms with E-state index < -0.39 is 10.0 Å². The Balaban J connectivity index is 2.79. The van der Waals surface area contributed by atoms with Gasteiger partial charge >= 0.3 is 0 Å². The monoisotopic (exact) mass is 271 g/mol. The minimum atomic E-state index is -3.44. The van der Waals surface area contributed by atoms with Crippen molar-refractivity contribution >= 4 is 10.0 Å². The third-order valence-corrected chi connectivity index (χ3v) is 4.49. The Morgan fingerprint density at radius 1 is 1.28 bits per heavy atom. The van der Waals surface area contributed by atoms with E-state index in [9.17, 15) is 8.42 Å².